The summed E-state index contributed by atoms with van der Waals surface area (Å²) < 4.78 is 5.07. The molecule has 1 amide bonds. The lowest BCUT2D eigenvalue weighted by Crippen LogP contribution is -2.46. The minimum atomic E-state index is -0.555. The fourth-order valence-corrected chi connectivity index (χ4v) is 4.55. The lowest BCUT2D eigenvalue weighted by atomic mass is 9.84. The third-order valence-electron chi connectivity index (χ3n) is 3.57. The van der Waals surface area contributed by atoms with Crippen molar-refractivity contribution in [2.75, 3.05) is 12.4 Å². The Labute approximate surface area is 138 Å². The van der Waals surface area contributed by atoms with Crippen LogP contribution in [0.25, 0.3) is 0 Å². The molecule has 5 heteroatoms. The summed E-state index contributed by atoms with van der Waals surface area (Å²) in [5, 5.41) is -0.0460. The number of ether oxygens (including phenoxy) is 1. The molecule has 1 aliphatic heterocycles. The fourth-order valence-electron chi connectivity index (χ4n) is 2.98. The molecule has 4 nitrogen and oxygen atoms in total. The predicted octanol–water partition coefficient (Wildman–Crippen LogP) is 2.92. The summed E-state index contributed by atoms with van der Waals surface area (Å²) >= 11 is 1.62. The molecular formula is C17H27NO3S. The number of rotatable bonds is 5. The summed E-state index contributed by atoms with van der Waals surface area (Å²) in [5.74, 6) is 2.38. The van der Waals surface area contributed by atoms with Gasteiger partial charge in [0, 0.05) is 5.75 Å². The highest BCUT2D eigenvalue weighted by Gasteiger charge is 2.42. The van der Waals surface area contributed by atoms with Gasteiger partial charge in [-0.1, -0.05) is 27.7 Å². The average Bonchev–Trinajstić information content (AvgIpc) is 2.79. The first-order valence-electron chi connectivity index (χ1n) is 7.76. The van der Waals surface area contributed by atoms with Crippen molar-refractivity contribution in [1.29, 1.82) is 0 Å². The van der Waals surface area contributed by atoms with E-state index in [1.54, 1.807) is 23.6 Å². The Morgan fingerprint density at radius 3 is 2.59 bits per heavy atom. The van der Waals surface area contributed by atoms with E-state index in [0.29, 0.717) is 18.3 Å². The standard InChI is InChI=1S/C17H27NO3S/c1-7-14(19)18-13(16(20)21-8-2)11-22-15(18)9-12(3)10-17(4,5)6/h1,12-13,15H,8-11H2,2-6H3/t12?,13-,15?/m1/s1. The van der Waals surface area contributed by atoms with Crippen molar-refractivity contribution in [2.24, 2.45) is 11.3 Å². The number of carbonyl (C=O) groups is 2. The van der Waals surface area contributed by atoms with Gasteiger partial charge in [0.05, 0.1) is 12.0 Å². The van der Waals surface area contributed by atoms with Crippen LogP contribution in [0.5, 0.6) is 0 Å². The zero-order chi connectivity index (χ0) is 16.9. The molecule has 1 heterocycles. The van der Waals surface area contributed by atoms with Crippen molar-refractivity contribution in [3.05, 3.63) is 0 Å². The number of carbonyl (C=O) groups excluding carboxylic acids is 2. The summed E-state index contributed by atoms with van der Waals surface area (Å²) in [6.07, 6.45) is 7.18. The van der Waals surface area contributed by atoms with Crippen molar-refractivity contribution in [3.8, 4) is 12.3 Å². The molecule has 0 aliphatic carbocycles. The Morgan fingerprint density at radius 2 is 2.09 bits per heavy atom. The third-order valence-corrected chi connectivity index (χ3v) is 4.89. The fraction of sp³-hybridized carbons (Fsp3) is 0.765. The maximum absolute atomic E-state index is 12.1. The lowest BCUT2D eigenvalue weighted by molar-refractivity contribution is -0.152. The van der Waals surface area contributed by atoms with Crippen LogP contribution < -0.4 is 0 Å². The van der Waals surface area contributed by atoms with Crippen LogP contribution in [0.15, 0.2) is 0 Å². The number of thioether (sulfide) groups is 1. The maximum atomic E-state index is 12.1. The van der Waals surface area contributed by atoms with Gasteiger partial charge in [-0.3, -0.25) is 4.79 Å². The molecule has 0 bridgehead atoms. The normalized spacial score (nSPS) is 23.0. The summed E-state index contributed by atoms with van der Waals surface area (Å²) in [7, 11) is 0. The molecular weight excluding hydrogens is 298 g/mol. The van der Waals surface area contributed by atoms with Gasteiger partial charge in [-0.15, -0.1) is 18.2 Å². The van der Waals surface area contributed by atoms with Gasteiger partial charge >= 0.3 is 5.97 Å². The van der Waals surface area contributed by atoms with Crippen LogP contribution in [-0.2, 0) is 14.3 Å². The monoisotopic (exact) mass is 325 g/mol. The van der Waals surface area contributed by atoms with E-state index in [-0.39, 0.29) is 16.8 Å². The molecule has 1 fully saturated rings. The van der Waals surface area contributed by atoms with Crippen LogP contribution in [0.4, 0.5) is 0 Å². The molecule has 1 rings (SSSR count). The molecule has 0 radical (unpaired) electrons. The highest BCUT2D eigenvalue weighted by atomic mass is 32.2. The van der Waals surface area contributed by atoms with Crippen molar-refractivity contribution in [2.45, 2.75) is 58.9 Å². The Hall–Kier alpha value is -1.15. The van der Waals surface area contributed by atoms with Crippen LogP contribution in [0.1, 0.15) is 47.5 Å². The zero-order valence-corrected chi connectivity index (χ0v) is 15.0. The van der Waals surface area contributed by atoms with Gasteiger partial charge in [0.1, 0.15) is 6.04 Å². The molecule has 0 aromatic heterocycles. The second kappa shape index (κ2) is 7.92. The quantitative estimate of drug-likeness (QED) is 0.576. The first-order valence-corrected chi connectivity index (χ1v) is 8.81. The minimum Gasteiger partial charge on any atom is -0.464 e. The van der Waals surface area contributed by atoms with E-state index < -0.39 is 11.9 Å². The van der Waals surface area contributed by atoms with Crippen LogP contribution in [0.2, 0.25) is 0 Å². The maximum Gasteiger partial charge on any atom is 0.329 e. The van der Waals surface area contributed by atoms with Gasteiger partial charge in [-0.05, 0) is 37.0 Å². The number of nitrogens with zero attached hydrogens (tertiary/aromatic N) is 1. The van der Waals surface area contributed by atoms with Crippen LogP contribution in [-0.4, -0.2) is 40.6 Å². The SMILES string of the molecule is C#CC(=O)N1C(CC(C)CC(C)(C)C)SC[C@@H]1C(=O)OCC. The van der Waals surface area contributed by atoms with Gasteiger partial charge in [0.25, 0.3) is 5.91 Å². The number of esters is 1. The molecule has 0 aromatic rings. The molecule has 1 saturated heterocycles. The average molecular weight is 325 g/mol. The van der Waals surface area contributed by atoms with Gasteiger partial charge in [-0.25, -0.2) is 4.79 Å². The first-order chi connectivity index (χ1) is 10.2. The Morgan fingerprint density at radius 1 is 1.45 bits per heavy atom. The third kappa shape index (κ3) is 5.24. The van der Waals surface area contributed by atoms with Crippen molar-refractivity contribution in [1.82, 2.24) is 4.90 Å². The molecule has 1 aliphatic rings. The van der Waals surface area contributed by atoms with E-state index in [0.717, 1.165) is 12.8 Å². The topological polar surface area (TPSA) is 46.6 Å². The van der Waals surface area contributed by atoms with Crippen LogP contribution >= 0.6 is 11.8 Å². The largest absolute Gasteiger partial charge is 0.464 e. The van der Waals surface area contributed by atoms with E-state index in [1.807, 2.05) is 0 Å². The highest BCUT2D eigenvalue weighted by Crippen LogP contribution is 2.36. The first kappa shape index (κ1) is 18.9. The van der Waals surface area contributed by atoms with Gasteiger partial charge in [0.2, 0.25) is 0 Å². The number of amides is 1. The highest BCUT2D eigenvalue weighted by molar-refractivity contribution is 8.00. The number of hydrogen-bond acceptors (Lipinski definition) is 4. The number of terminal acetylenes is 1. The predicted molar refractivity (Wildman–Crippen MR) is 90.2 cm³/mol. The second-order valence-electron chi connectivity index (χ2n) is 7.02. The van der Waals surface area contributed by atoms with Crippen molar-refractivity contribution >= 4 is 23.6 Å². The Kier molecular flexibility index (Phi) is 6.80. The van der Waals surface area contributed by atoms with E-state index in [4.69, 9.17) is 11.2 Å². The summed E-state index contributed by atoms with van der Waals surface area (Å²) in [5.41, 5.74) is 0.240. The van der Waals surface area contributed by atoms with E-state index in [9.17, 15) is 9.59 Å². The summed E-state index contributed by atoms with van der Waals surface area (Å²) in [6.45, 7) is 10.9. The van der Waals surface area contributed by atoms with Crippen LogP contribution in [0, 0.1) is 23.7 Å². The molecule has 0 aromatic carbocycles. The van der Waals surface area contributed by atoms with E-state index >= 15 is 0 Å². The Bertz CT molecular complexity index is 450. The van der Waals surface area contributed by atoms with Gasteiger partial charge in [-0.2, -0.15) is 0 Å². The molecule has 22 heavy (non-hydrogen) atoms. The Balaban J connectivity index is 2.80. The zero-order valence-electron chi connectivity index (χ0n) is 14.2. The van der Waals surface area contributed by atoms with E-state index in [1.165, 1.54) is 0 Å². The molecule has 3 atom stereocenters. The lowest BCUT2D eigenvalue weighted by Gasteiger charge is -2.30. The minimum absolute atomic E-state index is 0.0460. The second-order valence-corrected chi connectivity index (χ2v) is 8.23. The van der Waals surface area contributed by atoms with Crippen LogP contribution in [0.3, 0.4) is 0 Å². The van der Waals surface area contributed by atoms with E-state index in [2.05, 4.69) is 33.6 Å². The summed E-state index contributed by atoms with van der Waals surface area (Å²) in [4.78, 5) is 25.7. The van der Waals surface area contributed by atoms with Crippen molar-refractivity contribution in [3.63, 3.8) is 0 Å². The molecule has 0 spiro atoms. The van der Waals surface area contributed by atoms with Gasteiger partial charge < -0.3 is 9.64 Å². The smallest absolute Gasteiger partial charge is 0.329 e. The number of hydrogen-bond donors (Lipinski definition) is 0. The molecule has 0 saturated carbocycles. The molecule has 124 valence electrons. The summed E-state index contributed by atoms with van der Waals surface area (Å²) in [6, 6.07) is -0.555. The van der Waals surface area contributed by atoms with Crippen molar-refractivity contribution < 1.29 is 14.3 Å². The van der Waals surface area contributed by atoms with Gasteiger partial charge in [0.15, 0.2) is 0 Å². The molecule has 2 unspecified atom stereocenters. The molecule has 0 N–H and O–H groups in total.